The first-order valence-corrected chi connectivity index (χ1v) is 30.0. The van der Waals surface area contributed by atoms with Crippen LogP contribution in [0.5, 0.6) is 0 Å². The summed E-state index contributed by atoms with van der Waals surface area (Å²) >= 11 is 0. The van der Waals surface area contributed by atoms with E-state index in [0.29, 0.717) is 12.8 Å². The van der Waals surface area contributed by atoms with Crippen molar-refractivity contribution < 1.29 is 89.4 Å². The standard InChI is InChI=1S/C60H105NO18/c1-3-5-7-9-11-13-15-17-19-20-21-22-24-25-27-29-31-33-35-37-44(65)43(61-48(66)38-36-34-32-30-28-26-23-18-16-14-12-10-8-6-4-2)42-74-58-54(72)51(69)56(46(40-63)76-58)79-60-55(73)52(70)57(47(41-64)77-60)78-59-53(71)50(68)49(67)45(39-62)75-59/h12,14,18,21-23,27,29,35,37,43-47,49-60,62-65,67-73H,3-11,13,15-17,19-20,24-26,28,30-34,36,38-42H2,1-2H3,(H,61,66)/b14-12-,22-21+,23-18-,29-27+,37-35+. The van der Waals surface area contributed by atoms with Gasteiger partial charge in [-0.05, 0) is 77.0 Å². The van der Waals surface area contributed by atoms with Crippen molar-refractivity contribution in [3.05, 3.63) is 60.8 Å². The van der Waals surface area contributed by atoms with Crippen molar-refractivity contribution in [3.63, 3.8) is 0 Å². The SMILES string of the molecule is CCCCC/C=C\C/C=C\CCCCCCCC(=O)NC(COC1OC(CO)C(OC2OC(CO)C(OC3OC(CO)C(O)C(O)C3O)C(O)C2O)C(O)C1O)C(O)/C=C/CC/C=C/CC/C=C/CCCCCCCCCCC. The number of ether oxygens (including phenoxy) is 6. The Kier molecular flexibility index (Phi) is 38.7. The predicted octanol–water partition coefficient (Wildman–Crippen LogP) is 5.26. The van der Waals surface area contributed by atoms with Crippen LogP contribution in [-0.2, 0) is 33.2 Å². The molecule has 12 N–H and O–H groups in total. The molecule has 3 saturated heterocycles. The van der Waals surface area contributed by atoms with Gasteiger partial charge >= 0.3 is 0 Å². The summed E-state index contributed by atoms with van der Waals surface area (Å²) in [4.78, 5) is 13.3. The van der Waals surface area contributed by atoms with Gasteiger partial charge in [0.1, 0.15) is 73.2 Å². The summed E-state index contributed by atoms with van der Waals surface area (Å²) in [5, 5.41) is 120. The Hall–Kier alpha value is -2.51. The van der Waals surface area contributed by atoms with Gasteiger partial charge in [0.15, 0.2) is 18.9 Å². The zero-order valence-corrected chi connectivity index (χ0v) is 47.6. The van der Waals surface area contributed by atoms with Crippen molar-refractivity contribution in [3.8, 4) is 0 Å². The highest BCUT2D eigenvalue weighted by Crippen LogP contribution is 2.33. The largest absolute Gasteiger partial charge is 0.394 e. The van der Waals surface area contributed by atoms with Crippen molar-refractivity contribution in [2.24, 2.45) is 0 Å². The number of hydrogen-bond donors (Lipinski definition) is 12. The lowest BCUT2D eigenvalue weighted by Gasteiger charge is -2.48. The van der Waals surface area contributed by atoms with Gasteiger partial charge in [-0.2, -0.15) is 0 Å². The second-order valence-corrected chi connectivity index (χ2v) is 21.4. The van der Waals surface area contributed by atoms with Crippen molar-refractivity contribution in [1.82, 2.24) is 5.32 Å². The van der Waals surface area contributed by atoms with Gasteiger partial charge in [-0.3, -0.25) is 4.79 Å². The van der Waals surface area contributed by atoms with E-state index >= 15 is 0 Å². The molecule has 0 bridgehead atoms. The van der Waals surface area contributed by atoms with E-state index in [1.807, 2.05) is 6.08 Å². The lowest BCUT2D eigenvalue weighted by atomic mass is 9.96. The topological polar surface area (TPSA) is 307 Å². The minimum atomic E-state index is -1.98. The van der Waals surface area contributed by atoms with Gasteiger partial charge in [0.05, 0.1) is 38.6 Å². The van der Waals surface area contributed by atoms with Gasteiger partial charge in [0, 0.05) is 6.42 Å². The van der Waals surface area contributed by atoms with Crippen LogP contribution in [-0.4, -0.2) is 193 Å². The Labute approximate surface area is 471 Å². The predicted molar refractivity (Wildman–Crippen MR) is 300 cm³/mol. The number of unbranched alkanes of at least 4 members (excludes halogenated alkanes) is 19. The molecule has 0 spiro atoms. The first-order chi connectivity index (χ1) is 38.3. The van der Waals surface area contributed by atoms with E-state index in [1.54, 1.807) is 6.08 Å². The summed E-state index contributed by atoms with van der Waals surface area (Å²) in [6.45, 7) is 1.64. The Bertz CT molecular complexity index is 1680. The molecule has 1 amide bonds. The molecule has 19 heteroatoms. The molecule has 0 aliphatic carbocycles. The number of nitrogens with one attached hydrogen (secondary N) is 1. The third kappa shape index (κ3) is 27.2. The van der Waals surface area contributed by atoms with Crippen LogP contribution in [0.4, 0.5) is 0 Å². The van der Waals surface area contributed by atoms with Crippen LogP contribution < -0.4 is 5.32 Å². The van der Waals surface area contributed by atoms with Gasteiger partial charge in [-0.25, -0.2) is 0 Å². The van der Waals surface area contributed by atoms with Crippen molar-refractivity contribution in [1.29, 1.82) is 0 Å². The highest BCUT2D eigenvalue weighted by molar-refractivity contribution is 5.76. The molecule has 0 saturated carbocycles. The van der Waals surface area contributed by atoms with Gasteiger partial charge in [-0.1, -0.05) is 158 Å². The normalized spacial score (nSPS) is 30.7. The smallest absolute Gasteiger partial charge is 0.220 e. The molecule has 3 aliphatic rings. The lowest BCUT2D eigenvalue weighted by molar-refractivity contribution is -0.379. The second kappa shape index (κ2) is 43.2. The second-order valence-electron chi connectivity index (χ2n) is 21.4. The lowest BCUT2D eigenvalue weighted by Crippen LogP contribution is -2.66. The van der Waals surface area contributed by atoms with E-state index in [1.165, 1.54) is 77.0 Å². The molecule has 0 aromatic heterocycles. The molecule has 0 aromatic carbocycles. The number of amides is 1. The van der Waals surface area contributed by atoms with Crippen LogP contribution in [0.1, 0.15) is 181 Å². The molecule has 458 valence electrons. The molecule has 79 heavy (non-hydrogen) atoms. The third-order valence-electron chi connectivity index (χ3n) is 14.8. The Morgan fingerprint density at radius 1 is 0.456 bits per heavy atom. The number of aliphatic hydroxyl groups excluding tert-OH is 11. The summed E-state index contributed by atoms with van der Waals surface area (Å²) in [6, 6.07) is -1.00. The maximum absolute atomic E-state index is 13.3. The minimum absolute atomic E-state index is 0.213. The van der Waals surface area contributed by atoms with Crippen molar-refractivity contribution in [2.75, 3.05) is 26.4 Å². The monoisotopic (exact) mass is 1130 g/mol. The molecular weight excluding hydrogens is 1020 g/mol. The maximum Gasteiger partial charge on any atom is 0.220 e. The molecule has 3 fully saturated rings. The van der Waals surface area contributed by atoms with Crippen LogP contribution >= 0.6 is 0 Å². The number of carbonyl (C=O) groups excluding carboxylic acids is 1. The Morgan fingerprint density at radius 3 is 1.37 bits per heavy atom. The van der Waals surface area contributed by atoms with E-state index in [9.17, 15) is 61.0 Å². The highest BCUT2D eigenvalue weighted by atomic mass is 16.8. The molecule has 3 heterocycles. The number of aliphatic hydroxyl groups is 11. The zero-order chi connectivity index (χ0) is 57.6. The minimum Gasteiger partial charge on any atom is -0.394 e. The molecule has 19 nitrogen and oxygen atoms in total. The van der Waals surface area contributed by atoms with Crippen LogP contribution in [0, 0.1) is 0 Å². The van der Waals surface area contributed by atoms with E-state index in [2.05, 4.69) is 67.8 Å². The Morgan fingerprint density at radius 2 is 0.848 bits per heavy atom. The average molecular weight is 1130 g/mol. The van der Waals surface area contributed by atoms with Crippen LogP contribution in [0.2, 0.25) is 0 Å². The van der Waals surface area contributed by atoms with E-state index in [-0.39, 0.29) is 18.9 Å². The van der Waals surface area contributed by atoms with Gasteiger partial charge in [0.25, 0.3) is 0 Å². The van der Waals surface area contributed by atoms with E-state index in [4.69, 9.17) is 28.4 Å². The van der Waals surface area contributed by atoms with Crippen LogP contribution in [0.25, 0.3) is 0 Å². The fourth-order valence-electron chi connectivity index (χ4n) is 9.78. The summed E-state index contributed by atoms with van der Waals surface area (Å²) in [7, 11) is 0. The molecule has 0 radical (unpaired) electrons. The third-order valence-corrected chi connectivity index (χ3v) is 14.8. The fraction of sp³-hybridized carbons (Fsp3) is 0.817. The molecular formula is C60H105NO18. The van der Waals surface area contributed by atoms with Crippen molar-refractivity contribution in [2.45, 2.75) is 285 Å². The average Bonchev–Trinajstić information content (AvgIpc) is 3.47. The zero-order valence-electron chi connectivity index (χ0n) is 47.6. The van der Waals surface area contributed by atoms with Gasteiger partial charge in [-0.15, -0.1) is 0 Å². The van der Waals surface area contributed by atoms with Crippen molar-refractivity contribution >= 4 is 5.91 Å². The first-order valence-electron chi connectivity index (χ1n) is 30.0. The molecule has 17 unspecified atom stereocenters. The van der Waals surface area contributed by atoms with E-state index in [0.717, 1.165) is 70.6 Å². The summed E-state index contributed by atoms with van der Waals surface area (Å²) < 4.78 is 34.2. The summed E-state index contributed by atoms with van der Waals surface area (Å²) in [5.74, 6) is -0.307. The van der Waals surface area contributed by atoms with Gasteiger partial charge in [0.2, 0.25) is 5.91 Å². The molecule has 3 rings (SSSR count). The highest BCUT2D eigenvalue weighted by Gasteiger charge is 2.53. The fourth-order valence-corrected chi connectivity index (χ4v) is 9.78. The molecule has 0 aromatic rings. The number of carbonyl (C=O) groups is 1. The molecule has 3 aliphatic heterocycles. The van der Waals surface area contributed by atoms with E-state index < -0.39 is 124 Å². The van der Waals surface area contributed by atoms with Crippen LogP contribution in [0.3, 0.4) is 0 Å². The number of rotatable bonds is 43. The summed E-state index contributed by atoms with van der Waals surface area (Å²) in [5.41, 5.74) is 0. The number of hydrogen-bond acceptors (Lipinski definition) is 18. The van der Waals surface area contributed by atoms with Gasteiger partial charge < -0.3 is 89.9 Å². The molecule has 17 atom stereocenters. The quantitative estimate of drug-likeness (QED) is 0.0274. The first kappa shape index (κ1) is 70.8. The van der Waals surface area contributed by atoms with Crippen LogP contribution in [0.15, 0.2) is 60.8 Å². The Balaban J connectivity index is 1.53. The number of allylic oxidation sites excluding steroid dienone is 9. The maximum atomic E-state index is 13.3. The summed E-state index contributed by atoms with van der Waals surface area (Å²) in [6.07, 6.45) is 22.0.